The lowest BCUT2D eigenvalue weighted by Crippen LogP contribution is -2.37. The van der Waals surface area contributed by atoms with E-state index in [1.165, 1.54) is 18.9 Å². The molecule has 1 atom stereocenters. The smallest absolute Gasteiger partial charge is 0.127 e. The molecule has 0 bridgehead atoms. The van der Waals surface area contributed by atoms with Crippen molar-refractivity contribution in [2.75, 3.05) is 20.1 Å². The van der Waals surface area contributed by atoms with Crippen molar-refractivity contribution in [1.82, 2.24) is 10.2 Å². The quantitative estimate of drug-likeness (QED) is 0.715. The molecule has 1 unspecified atom stereocenters. The zero-order valence-electron chi connectivity index (χ0n) is 11.7. The van der Waals surface area contributed by atoms with Crippen LogP contribution in [-0.2, 0) is 6.54 Å². The summed E-state index contributed by atoms with van der Waals surface area (Å²) >= 11 is 0. The number of rotatable bonds is 8. The summed E-state index contributed by atoms with van der Waals surface area (Å²) in [5.41, 5.74) is 0.764. The zero-order valence-corrected chi connectivity index (χ0v) is 11.7. The largest absolute Gasteiger partial charge is 0.315 e. The van der Waals surface area contributed by atoms with Gasteiger partial charge in [0.25, 0.3) is 0 Å². The molecule has 1 N–H and O–H groups in total. The van der Waals surface area contributed by atoms with Gasteiger partial charge in [0.05, 0.1) is 0 Å². The van der Waals surface area contributed by atoms with Crippen LogP contribution in [0.4, 0.5) is 4.39 Å². The second kappa shape index (κ2) is 8.22. The summed E-state index contributed by atoms with van der Waals surface area (Å²) in [6.45, 7) is 7.03. The first-order valence-electron chi connectivity index (χ1n) is 6.79. The maximum absolute atomic E-state index is 13.5. The molecule has 0 aromatic heterocycles. The van der Waals surface area contributed by atoms with E-state index in [0.29, 0.717) is 12.6 Å². The normalized spacial score (nSPS) is 12.9. The van der Waals surface area contributed by atoms with Gasteiger partial charge in [-0.25, -0.2) is 4.39 Å². The minimum Gasteiger partial charge on any atom is -0.315 e. The molecule has 0 radical (unpaired) electrons. The Labute approximate surface area is 110 Å². The highest BCUT2D eigenvalue weighted by Gasteiger charge is 2.11. The maximum Gasteiger partial charge on any atom is 0.127 e. The molecular formula is C15H25FN2. The summed E-state index contributed by atoms with van der Waals surface area (Å²) in [5, 5.41) is 3.43. The first kappa shape index (κ1) is 15.1. The molecule has 0 saturated carbocycles. The molecule has 0 aliphatic heterocycles. The Morgan fingerprint density at radius 2 is 2.06 bits per heavy atom. The van der Waals surface area contributed by atoms with Gasteiger partial charge < -0.3 is 5.32 Å². The molecule has 0 aliphatic carbocycles. The first-order valence-corrected chi connectivity index (χ1v) is 6.79. The van der Waals surface area contributed by atoms with Gasteiger partial charge in [0.15, 0.2) is 0 Å². The topological polar surface area (TPSA) is 15.3 Å². The first-order chi connectivity index (χ1) is 8.65. The van der Waals surface area contributed by atoms with Crippen LogP contribution in [0.1, 0.15) is 32.3 Å². The van der Waals surface area contributed by atoms with Gasteiger partial charge in [-0.05, 0) is 33.0 Å². The lowest BCUT2D eigenvalue weighted by atomic mass is 10.2. The highest BCUT2D eigenvalue weighted by molar-refractivity contribution is 5.17. The van der Waals surface area contributed by atoms with Crippen LogP contribution in [0.2, 0.25) is 0 Å². The molecule has 0 fully saturated rings. The van der Waals surface area contributed by atoms with E-state index in [4.69, 9.17) is 0 Å². The number of nitrogens with zero attached hydrogens (tertiary/aromatic N) is 1. The van der Waals surface area contributed by atoms with Gasteiger partial charge in [0.1, 0.15) is 5.82 Å². The Hall–Kier alpha value is -0.930. The molecule has 0 heterocycles. The minimum absolute atomic E-state index is 0.115. The number of benzene rings is 1. The second-order valence-electron chi connectivity index (χ2n) is 4.91. The molecule has 0 saturated heterocycles. The van der Waals surface area contributed by atoms with Crippen LogP contribution < -0.4 is 5.32 Å². The average Bonchev–Trinajstić information content (AvgIpc) is 2.37. The van der Waals surface area contributed by atoms with Gasteiger partial charge in [-0.1, -0.05) is 31.5 Å². The molecule has 18 heavy (non-hydrogen) atoms. The summed E-state index contributed by atoms with van der Waals surface area (Å²) in [7, 11) is 2.04. The van der Waals surface area contributed by atoms with E-state index < -0.39 is 0 Å². The Balaban J connectivity index is 2.35. The predicted molar refractivity (Wildman–Crippen MR) is 75.1 cm³/mol. The fraction of sp³-hybridized carbons (Fsp3) is 0.600. The van der Waals surface area contributed by atoms with Crippen molar-refractivity contribution in [3.63, 3.8) is 0 Å². The van der Waals surface area contributed by atoms with Crippen molar-refractivity contribution in [1.29, 1.82) is 0 Å². The van der Waals surface area contributed by atoms with Crippen molar-refractivity contribution in [2.45, 2.75) is 39.3 Å². The lowest BCUT2D eigenvalue weighted by molar-refractivity contribution is 0.240. The van der Waals surface area contributed by atoms with Gasteiger partial charge >= 0.3 is 0 Å². The number of unbranched alkanes of at least 4 members (excludes halogenated alkanes) is 1. The van der Waals surface area contributed by atoms with Crippen molar-refractivity contribution in [2.24, 2.45) is 0 Å². The van der Waals surface area contributed by atoms with Gasteiger partial charge in [0, 0.05) is 24.7 Å². The van der Waals surface area contributed by atoms with Crippen LogP contribution in [0.5, 0.6) is 0 Å². The Kier molecular flexibility index (Phi) is 6.91. The van der Waals surface area contributed by atoms with E-state index in [0.717, 1.165) is 18.7 Å². The van der Waals surface area contributed by atoms with Gasteiger partial charge in [-0.15, -0.1) is 0 Å². The van der Waals surface area contributed by atoms with Crippen molar-refractivity contribution < 1.29 is 4.39 Å². The highest BCUT2D eigenvalue weighted by atomic mass is 19.1. The summed E-state index contributed by atoms with van der Waals surface area (Å²) in [6, 6.07) is 7.39. The third-order valence-corrected chi connectivity index (χ3v) is 3.28. The number of hydrogen-bond donors (Lipinski definition) is 1. The van der Waals surface area contributed by atoms with E-state index in [9.17, 15) is 4.39 Å². The Bertz CT molecular complexity index is 341. The molecule has 102 valence electrons. The summed E-state index contributed by atoms with van der Waals surface area (Å²) in [5.74, 6) is -0.115. The van der Waals surface area contributed by atoms with Crippen LogP contribution in [0, 0.1) is 5.82 Å². The van der Waals surface area contributed by atoms with Crippen LogP contribution in [0.15, 0.2) is 24.3 Å². The van der Waals surface area contributed by atoms with E-state index >= 15 is 0 Å². The summed E-state index contributed by atoms with van der Waals surface area (Å²) in [6.07, 6.45) is 2.43. The molecule has 0 amide bonds. The van der Waals surface area contributed by atoms with Crippen LogP contribution in [0.3, 0.4) is 0 Å². The van der Waals surface area contributed by atoms with Gasteiger partial charge in [0.2, 0.25) is 0 Å². The molecular weight excluding hydrogens is 227 g/mol. The van der Waals surface area contributed by atoms with Crippen LogP contribution >= 0.6 is 0 Å². The molecule has 1 aromatic rings. The lowest BCUT2D eigenvalue weighted by Gasteiger charge is -2.25. The number of hydrogen-bond acceptors (Lipinski definition) is 2. The Morgan fingerprint density at radius 3 is 2.72 bits per heavy atom. The Morgan fingerprint density at radius 1 is 1.33 bits per heavy atom. The third kappa shape index (κ3) is 5.15. The molecule has 0 spiro atoms. The average molecular weight is 252 g/mol. The fourth-order valence-corrected chi connectivity index (χ4v) is 1.82. The summed E-state index contributed by atoms with van der Waals surface area (Å²) in [4.78, 5) is 2.18. The summed E-state index contributed by atoms with van der Waals surface area (Å²) < 4.78 is 13.5. The molecule has 1 aromatic carbocycles. The molecule has 2 nitrogen and oxygen atoms in total. The van der Waals surface area contributed by atoms with E-state index in [2.05, 4.69) is 24.1 Å². The van der Waals surface area contributed by atoms with E-state index in [1.54, 1.807) is 6.07 Å². The molecule has 0 aliphatic rings. The molecule has 1 rings (SSSR count). The maximum atomic E-state index is 13.5. The molecule has 3 heteroatoms. The van der Waals surface area contributed by atoms with Crippen molar-refractivity contribution >= 4 is 0 Å². The van der Waals surface area contributed by atoms with Crippen molar-refractivity contribution in [3.05, 3.63) is 35.6 Å². The monoisotopic (exact) mass is 252 g/mol. The fourth-order valence-electron chi connectivity index (χ4n) is 1.82. The zero-order chi connectivity index (χ0) is 13.4. The van der Waals surface area contributed by atoms with Gasteiger partial charge in [-0.3, -0.25) is 4.90 Å². The number of likely N-dealkylation sites (N-methyl/N-ethyl adjacent to an activating group) is 1. The predicted octanol–water partition coefficient (Wildman–Crippen LogP) is 3.04. The number of halogens is 1. The second-order valence-corrected chi connectivity index (χ2v) is 4.91. The number of nitrogens with one attached hydrogen (secondary N) is 1. The standard InChI is InChI=1S/C15H25FN2/c1-4-5-10-17-11-13(2)18(3)12-14-8-6-7-9-15(14)16/h6-9,13,17H,4-5,10-12H2,1-3H3. The van der Waals surface area contributed by atoms with Crippen LogP contribution in [-0.4, -0.2) is 31.1 Å². The van der Waals surface area contributed by atoms with Gasteiger partial charge in [-0.2, -0.15) is 0 Å². The minimum atomic E-state index is -0.115. The van der Waals surface area contributed by atoms with Crippen molar-refractivity contribution in [3.8, 4) is 0 Å². The highest BCUT2D eigenvalue weighted by Crippen LogP contribution is 2.10. The van der Waals surface area contributed by atoms with E-state index in [1.807, 2.05) is 19.2 Å². The SMILES string of the molecule is CCCCNCC(C)N(C)Cc1ccccc1F. The third-order valence-electron chi connectivity index (χ3n) is 3.28. The van der Waals surface area contributed by atoms with Crippen LogP contribution in [0.25, 0.3) is 0 Å². The van der Waals surface area contributed by atoms with E-state index in [-0.39, 0.29) is 5.82 Å².